The molecule has 0 unspecified atom stereocenters. The zero-order valence-electron chi connectivity index (χ0n) is 9.87. The van der Waals surface area contributed by atoms with Crippen LogP contribution in [0.1, 0.15) is 24.0 Å². The second kappa shape index (κ2) is 5.61. The number of hydrogen-bond acceptors (Lipinski definition) is 3. The van der Waals surface area contributed by atoms with Crippen molar-refractivity contribution < 1.29 is 9.18 Å². The van der Waals surface area contributed by atoms with E-state index in [1.54, 1.807) is 0 Å². The Kier molecular flexibility index (Phi) is 3.90. The Morgan fingerprint density at radius 2 is 2.28 bits per heavy atom. The van der Waals surface area contributed by atoms with Gasteiger partial charge >= 0.3 is 0 Å². The summed E-state index contributed by atoms with van der Waals surface area (Å²) in [6.07, 6.45) is 2.09. The van der Waals surface area contributed by atoms with Gasteiger partial charge in [-0.05, 0) is 31.0 Å². The maximum atomic E-state index is 13.4. The standard InChI is InChI=1S/C13H14FN3O/c14-12-4-1-9(6-15)5-10(12)7-16-8-13(18)17-11-2-3-11/h1,4-5,11,16H,2-3,7-8H2,(H,17,18). The fraction of sp³-hybridized carbons (Fsp3) is 0.385. The monoisotopic (exact) mass is 247 g/mol. The summed E-state index contributed by atoms with van der Waals surface area (Å²) in [7, 11) is 0. The molecule has 5 heteroatoms. The van der Waals surface area contributed by atoms with Gasteiger partial charge in [-0.15, -0.1) is 0 Å². The molecule has 0 spiro atoms. The van der Waals surface area contributed by atoms with Crippen LogP contribution in [0.3, 0.4) is 0 Å². The van der Waals surface area contributed by atoms with E-state index in [4.69, 9.17) is 5.26 Å². The molecule has 0 atom stereocenters. The molecule has 1 aliphatic carbocycles. The zero-order valence-corrected chi connectivity index (χ0v) is 9.87. The average molecular weight is 247 g/mol. The minimum Gasteiger partial charge on any atom is -0.352 e. The first-order chi connectivity index (χ1) is 8.69. The first-order valence-corrected chi connectivity index (χ1v) is 5.87. The number of halogens is 1. The van der Waals surface area contributed by atoms with Crippen molar-refractivity contribution in [3.05, 3.63) is 35.1 Å². The van der Waals surface area contributed by atoms with Crippen molar-refractivity contribution in [1.29, 1.82) is 5.26 Å². The molecule has 1 amide bonds. The molecule has 0 radical (unpaired) electrons. The molecule has 1 aliphatic rings. The fourth-order valence-corrected chi connectivity index (χ4v) is 1.60. The average Bonchev–Trinajstić information content (AvgIpc) is 3.15. The van der Waals surface area contributed by atoms with Crippen molar-refractivity contribution in [2.75, 3.05) is 6.54 Å². The second-order valence-corrected chi connectivity index (χ2v) is 4.36. The summed E-state index contributed by atoms with van der Waals surface area (Å²) in [6.45, 7) is 0.395. The molecule has 18 heavy (non-hydrogen) atoms. The Balaban J connectivity index is 1.81. The van der Waals surface area contributed by atoms with Crippen molar-refractivity contribution >= 4 is 5.91 Å². The van der Waals surface area contributed by atoms with Crippen LogP contribution < -0.4 is 10.6 Å². The number of carbonyl (C=O) groups is 1. The van der Waals surface area contributed by atoms with Crippen LogP contribution in [0, 0.1) is 17.1 Å². The lowest BCUT2D eigenvalue weighted by Crippen LogP contribution is -2.34. The van der Waals surface area contributed by atoms with Crippen LogP contribution in [-0.4, -0.2) is 18.5 Å². The van der Waals surface area contributed by atoms with Crippen LogP contribution in [0.5, 0.6) is 0 Å². The molecule has 2 rings (SSSR count). The van der Waals surface area contributed by atoms with Gasteiger partial charge in [-0.1, -0.05) is 0 Å². The molecular weight excluding hydrogens is 233 g/mol. The number of amides is 1. The van der Waals surface area contributed by atoms with Gasteiger partial charge in [-0.2, -0.15) is 5.26 Å². The highest BCUT2D eigenvalue weighted by molar-refractivity contribution is 5.78. The molecule has 1 saturated carbocycles. The lowest BCUT2D eigenvalue weighted by Gasteiger charge is -2.07. The van der Waals surface area contributed by atoms with Gasteiger partial charge in [0.1, 0.15) is 5.82 Å². The van der Waals surface area contributed by atoms with Gasteiger partial charge in [0.2, 0.25) is 5.91 Å². The lowest BCUT2D eigenvalue weighted by molar-refractivity contribution is -0.120. The van der Waals surface area contributed by atoms with Crippen molar-refractivity contribution in [2.45, 2.75) is 25.4 Å². The van der Waals surface area contributed by atoms with Gasteiger partial charge in [-0.25, -0.2) is 4.39 Å². The molecule has 1 aromatic rings. The molecule has 94 valence electrons. The number of rotatable bonds is 5. The minimum absolute atomic E-state index is 0.0747. The minimum atomic E-state index is -0.371. The maximum absolute atomic E-state index is 13.4. The third-order valence-electron chi connectivity index (χ3n) is 2.72. The molecule has 0 saturated heterocycles. The van der Waals surface area contributed by atoms with E-state index in [0.29, 0.717) is 17.2 Å². The highest BCUT2D eigenvalue weighted by Gasteiger charge is 2.22. The summed E-state index contributed by atoms with van der Waals surface area (Å²) < 4.78 is 13.4. The van der Waals surface area contributed by atoms with E-state index in [9.17, 15) is 9.18 Å². The van der Waals surface area contributed by atoms with Crippen molar-refractivity contribution in [3.8, 4) is 6.07 Å². The normalized spacial score (nSPS) is 14.0. The van der Waals surface area contributed by atoms with Crippen LogP contribution in [0.2, 0.25) is 0 Å². The molecule has 0 bridgehead atoms. The first-order valence-electron chi connectivity index (χ1n) is 5.87. The molecule has 0 aliphatic heterocycles. The Morgan fingerprint density at radius 3 is 2.94 bits per heavy atom. The molecule has 2 N–H and O–H groups in total. The predicted octanol–water partition coefficient (Wildman–Crippen LogP) is 1.07. The van der Waals surface area contributed by atoms with Crippen LogP contribution >= 0.6 is 0 Å². The molecule has 1 fully saturated rings. The van der Waals surface area contributed by atoms with Gasteiger partial charge in [-0.3, -0.25) is 4.79 Å². The van der Waals surface area contributed by atoms with Crippen LogP contribution in [0.15, 0.2) is 18.2 Å². The summed E-state index contributed by atoms with van der Waals surface area (Å²) >= 11 is 0. The third kappa shape index (κ3) is 3.54. The molecule has 0 aromatic heterocycles. The zero-order chi connectivity index (χ0) is 13.0. The second-order valence-electron chi connectivity index (χ2n) is 4.36. The highest BCUT2D eigenvalue weighted by Crippen LogP contribution is 2.18. The SMILES string of the molecule is N#Cc1ccc(F)c(CNCC(=O)NC2CC2)c1. The number of nitrogens with zero attached hydrogens (tertiary/aromatic N) is 1. The van der Waals surface area contributed by atoms with E-state index >= 15 is 0 Å². The summed E-state index contributed by atoms with van der Waals surface area (Å²) in [5.74, 6) is -0.446. The van der Waals surface area contributed by atoms with Gasteiger partial charge in [0.15, 0.2) is 0 Å². The van der Waals surface area contributed by atoms with Gasteiger partial charge in [0.05, 0.1) is 18.2 Å². The van der Waals surface area contributed by atoms with Gasteiger partial charge in [0.25, 0.3) is 0 Å². The Morgan fingerprint density at radius 1 is 1.50 bits per heavy atom. The van der Waals surface area contributed by atoms with Crippen molar-refractivity contribution in [2.24, 2.45) is 0 Å². The number of nitriles is 1. The van der Waals surface area contributed by atoms with Crippen LogP contribution in [0.25, 0.3) is 0 Å². The van der Waals surface area contributed by atoms with E-state index in [-0.39, 0.29) is 24.8 Å². The molecule has 1 aromatic carbocycles. The highest BCUT2D eigenvalue weighted by atomic mass is 19.1. The van der Waals surface area contributed by atoms with Gasteiger partial charge < -0.3 is 10.6 Å². The Hall–Kier alpha value is -1.93. The van der Waals surface area contributed by atoms with E-state index in [2.05, 4.69) is 10.6 Å². The summed E-state index contributed by atoms with van der Waals surface area (Å²) in [5, 5.41) is 14.4. The number of hydrogen-bond donors (Lipinski definition) is 2. The first kappa shape index (κ1) is 12.5. The summed E-state index contributed by atoms with van der Waals surface area (Å²) in [6, 6.07) is 6.47. The van der Waals surface area contributed by atoms with Crippen LogP contribution in [0.4, 0.5) is 4.39 Å². The maximum Gasteiger partial charge on any atom is 0.234 e. The topological polar surface area (TPSA) is 64.9 Å². The van der Waals surface area contributed by atoms with E-state index in [1.807, 2.05) is 6.07 Å². The molecular formula is C13H14FN3O. The summed E-state index contributed by atoms with van der Waals surface area (Å²) in [4.78, 5) is 11.4. The largest absolute Gasteiger partial charge is 0.352 e. The van der Waals surface area contributed by atoms with E-state index in [1.165, 1.54) is 18.2 Å². The van der Waals surface area contributed by atoms with E-state index in [0.717, 1.165) is 12.8 Å². The predicted molar refractivity (Wildman–Crippen MR) is 64.0 cm³/mol. The van der Waals surface area contributed by atoms with Gasteiger partial charge in [0, 0.05) is 18.2 Å². The van der Waals surface area contributed by atoms with Crippen LogP contribution in [-0.2, 0) is 11.3 Å². The van der Waals surface area contributed by atoms with E-state index < -0.39 is 0 Å². The Labute approximate surface area is 105 Å². The molecule has 4 nitrogen and oxygen atoms in total. The third-order valence-corrected chi connectivity index (χ3v) is 2.72. The Bertz CT molecular complexity index is 491. The number of benzene rings is 1. The molecule has 0 heterocycles. The smallest absolute Gasteiger partial charge is 0.234 e. The van der Waals surface area contributed by atoms with Crippen molar-refractivity contribution in [3.63, 3.8) is 0 Å². The number of nitrogens with one attached hydrogen (secondary N) is 2. The quantitative estimate of drug-likeness (QED) is 0.818. The summed E-state index contributed by atoms with van der Waals surface area (Å²) in [5.41, 5.74) is 0.809. The fourth-order valence-electron chi connectivity index (χ4n) is 1.60. The number of carbonyl (C=O) groups excluding carboxylic acids is 1. The lowest BCUT2D eigenvalue weighted by atomic mass is 10.1. The van der Waals surface area contributed by atoms with Crippen molar-refractivity contribution in [1.82, 2.24) is 10.6 Å².